The lowest BCUT2D eigenvalue weighted by molar-refractivity contribution is 0.449. The smallest absolute Gasteiger partial charge is 0.203 e. The van der Waals surface area contributed by atoms with Crippen LogP contribution in [0.25, 0.3) is 0 Å². The van der Waals surface area contributed by atoms with Crippen molar-refractivity contribution < 1.29 is 0 Å². The van der Waals surface area contributed by atoms with Gasteiger partial charge in [-0.3, -0.25) is 0 Å². The minimum atomic E-state index is 0.554. The Hall–Kier alpha value is -0.990. The van der Waals surface area contributed by atoms with Gasteiger partial charge in [0.1, 0.15) is 0 Å². The van der Waals surface area contributed by atoms with Crippen molar-refractivity contribution in [1.29, 1.82) is 0 Å². The van der Waals surface area contributed by atoms with Crippen LogP contribution in [0.5, 0.6) is 0 Å². The molecule has 0 amide bonds. The quantitative estimate of drug-likeness (QED) is 0.811. The summed E-state index contributed by atoms with van der Waals surface area (Å²) in [5.41, 5.74) is 0. The van der Waals surface area contributed by atoms with E-state index in [9.17, 15) is 0 Å². The number of unbranched alkanes of at least 4 members (excludes halogenated alkanes) is 1. The molecule has 1 aromatic heterocycles. The fourth-order valence-corrected chi connectivity index (χ4v) is 2.85. The summed E-state index contributed by atoms with van der Waals surface area (Å²) in [4.78, 5) is 4.49. The molecule has 3 nitrogen and oxygen atoms in total. The molecule has 1 fully saturated rings. The van der Waals surface area contributed by atoms with Gasteiger partial charge in [0.25, 0.3) is 0 Å². The fraction of sp³-hybridized carbons (Fsp3) is 0.800. The number of hydrogen-bond acceptors (Lipinski definition) is 2. The van der Waals surface area contributed by atoms with E-state index in [4.69, 9.17) is 0 Å². The molecule has 1 saturated carbocycles. The van der Waals surface area contributed by atoms with Crippen LogP contribution in [-0.4, -0.2) is 15.6 Å². The molecule has 0 aliphatic heterocycles. The molecule has 1 aliphatic carbocycles. The van der Waals surface area contributed by atoms with Crippen molar-refractivity contribution >= 4 is 5.95 Å². The highest BCUT2D eigenvalue weighted by molar-refractivity contribution is 5.28. The van der Waals surface area contributed by atoms with Crippen molar-refractivity contribution in [3.05, 3.63) is 12.4 Å². The number of imidazole rings is 1. The van der Waals surface area contributed by atoms with Crippen LogP contribution in [0.4, 0.5) is 5.95 Å². The minimum absolute atomic E-state index is 0.554. The van der Waals surface area contributed by atoms with Crippen molar-refractivity contribution in [1.82, 2.24) is 9.55 Å². The summed E-state index contributed by atoms with van der Waals surface area (Å²) in [6.45, 7) is 4.55. The Labute approximate surface area is 111 Å². The number of hydrogen-bond donors (Lipinski definition) is 1. The molecule has 1 atom stereocenters. The lowest BCUT2D eigenvalue weighted by atomic mass is 9.96. The van der Waals surface area contributed by atoms with E-state index in [0.29, 0.717) is 12.1 Å². The van der Waals surface area contributed by atoms with E-state index in [0.717, 1.165) is 5.95 Å². The van der Waals surface area contributed by atoms with Crippen molar-refractivity contribution in [2.45, 2.75) is 77.3 Å². The Bertz CT molecular complexity index is 339. The second-order valence-electron chi connectivity index (χ2n) is 5.63. The molecule has 0 saturated heterocycles. The van der Waals surface area contributed by atoms with Gasteiger partial charge in [-0.25, -0.2) is 4.98 Å². The van der Waals surface area contributed by atoms with Gasteiger partial charge in [0.2, 0.25) is 5.95 Å². The molecule has 18 heavy (non-hydrogen) atoms. The number of nitrogens with zero attached hydrogens (tertiary/aromatic N) is 2. The molecule has 1 N–H and O–H groups in total. The molecule has 1 heterocycles. The zero-order valence-electron chi connectivity index (χ0n) is 11.9. The summed E-state index contributed by atoms with van der Waals surface area (Å²) in [6, 6.07) is 1.19. The third-order valence-corrected chi connectivity index (χ3v) is 4.06. The van der Waals surface area contributed by atoms with Crippen molar-refractivity contribution in [3.8, 4) is 0 Å². The fourth-order valence-electron chi connectivity index (χ4n) is 2.85. The Morgan fingerprint density at radius 2 is 2.17 bits per heavy atom. The van der Waals surface area contributed by atoms with Gasteiger partial charge in [0.05, 0.1) is 0 Å². The number of rotatable bonds is 6. The predicted octanol–water partition coefficient (Wildman–Crippen LogP) is 4.38. The lowest BCUT2D eigenvalue weighted by Gasteiger charge is -2.25. The zero-order valence-corrected chi connectivity index (χ0v) is 11.9. The van der Waals surface area contributed by atoms with E-state index in [1.165, 1.54) is 51.4 Å². The van der Waals surface area contributed by atoms with Gasteiger partial charge in [-0.05, 0) is 26.2 Å². The van der Waals surface area contributed by atoms with Crippen LogP contribution in [-0.2, 0) is 0 Å². The first kappa shape index (κ1) is 13.4. The van der Waals surface area contributed by atoms with Crippen LogP contribution in [0.1, 0.15) is 71.3 Å². The van der Waals surface area contributed by atoms with Gasteiger partial charge in [-0.1, -0.05) is 39.0 Å². The standard InChI is InChI=1S/C15H27N3/c1-3-4-8-13(2)18-12-11-16-15(18)17-14-9-6-5-7-10-14/h11-14H,3-10H2,1-2H3,(H,16,17). The van der Waals surface area contributed by atoms with Crippen molar-refractivity contribution in [3.63, 3.8) is 0 Å². The third-order valence-electron chi connectivity index (χ3n) is 4.06. The molecule has 2 rings (SSSR count). The third kappa shape index (κ3) is 3.50. The summed E-state index contributed by atoms with van der Waals surface area (Å²) < 4.78 is 2.31. The van der Waals surface area contributed by atoms with Crippen LogP contribution >= 0.6 is 0 Å². The first-order chi connectivity index (χ1) is 8.81. The zero-order chi connectivity index (χ0) is 12.8. The molecule has 1 aliphatic rings. The topological polar surface area (TPSA) is 29.9 Å². The summed E-state index contributed by atoms with van der Waals surface area (Å²) in [7, 11) is 0. The number of anilines is 1. The van der Waals surface area contributed by atoms with Gasteiger partial charge < -0.3 is 9.88 Å². The van der Waals surface area contributed by atoms with E-state index < -0.39 is 0 Å². The Kier molecular flexibility index (Phi) is 5.09. The predicted molar refractivity (Wildman–Crippen MR) is 77.0 cm³/mol. The summed E-state index contributed by atoms with van der Waals surface area (Å²) >= 11 is 0. The molecule has 0 bridgehead atoms. The molecular weight excluding hydrogens is 222 g/mol. The summed E-state index contributed by atoms with van der Waals surface area (Å²) in [5.74, 6) is 1.07. The highest BCUT2D eigenvalue weighted by Gasteiger charge is 2.16. The average Bonchev–Trinajstić information content (AvgIpc) is 2.85. The lowest BCUT2D eigenvalue weighted by Crippen LogP contribution is -2.24. The molecule has 0 radical (unpaired) electrons. The van der Waals surface area contributed by atoms with Crippen LogP contribution < -0.4 is 5.32 Å². The first-order valence-electron chi connectivity index (χ1n) is 7.60. The molecule has 0 aromatic carbocycles. The van der Waals surface area contributed by atoms with Gasteiger partial charge in [-0.2, -0.15) is 0 Å². The molecule has 0 spiro atoms. The van der Waals surface area contributed by atoms with E-state index >= 15 is 0 Å². The van der Waals surface area contributed by atoms with Crippen LogP contribution in [0, 0.1) is 0 Å². The van der Waals surface area contributed by atoms with Crippen molar-refractivity contribution in [2.24, 2.45) is 0 Å². The largest absolute Gasteiger partial charge is 0.353 e. The van der Waals surface area contributed by atoms with E-state index in [1.807, 2.05) is 6.20 Å². The summed E-state index contributed by atoms with van der Waals surface area (Å²) in [6.07, 6.45) is 14.6. The second-order valence-corrected chi connectivity index (χ2v) is 5.63. The maximum absolute atomic E-state index is 4.49. The molecular formula is C15H27N3. The molecule has 1 aromatic rings. The number of nitrogens with one attached hydrogen (secondary N) is 1. The van der Waals surface area contributed by atoms with Gasteiger partial charge in [0, 0.05) is 24.5 Å². The SMILES string of the molecule is CCCCC(C)n1ccnc1NC1CCCCC1. The van der Waals surface area contributed by atoms with Gasteiger partial charge >= 0.3 is 0 Å². The van der Waals surface area contributed by atoms with E-state index in [2.05, 4.69) is 34.9 Å². The highest BCUT2D eigenvalue weighted by atomic mass is 15.2. The van der Waals surface area contributed by atoms with Gasteiger partial charge in [0.15, 0.2) is 0 Å². The Morgan fingerprint density at radius 3 is 2.89 bits per heavy atom. The van der Waals surface area contributed by atoms with Crippen LogP contribution in [0.15, 0.2) is 12.4 Å². The maximum Gasteiger partial charge on any atom is 0.203 e. The molecule has 102 valence electrons. The highest BCUT2D eigenvalue weighted by Crippen LogP contribution is 2.24. The average molecular weight is 249 g/mol. The minimum Gasteiger partial charge on any atom is -0.353 e. The van der Waals surface area contributed by atoms with Gasteiger partial charge in [-0.15, -0.1) is 0 Å². The molecule has 1 unspecified atom stereocenters. The first-order valence-corrected chi connectivity index (χ1v) is 7.60. The normalized spacial score (nSPS) is 18.8. The van der Waals surface area contributed by atoms with E-state index in [1.54, 1.807) is 0 Å². The van der Waals surface area contributed by atoms with Crippen molar-refractivity contribution in [2.75, 3.05) is 5.32 Å². The number of aromatic nitrogens is 2. The Morgan fingerprint density at radius 1 is 1.39 bits per heavy atom. The molecule has 3 heteroatoms. The monoisotopic (exact) mass is 249 g/mol. The Balaban J connectivity index is 1.93. The summed E-state index contributed by atoms with van der Waals surface area (Å²) in [5, 5.41) is 3.64. The maximum atomic E-state index is 4.49. The second kappa shape index (κ2) is 6.81. The van der Waals surface area contributed by atoms with E-state index in [-0.39, 0.29) is 0 Å². The van der Waals surface area contributed by atoms with Crippen LogP contribution in [0.2, 0.25) is 0 Å². The van der Waals surface area contributed by atoms with Crippen LogP contribution in [0.3, 0.4) is 0 Å².